The van der Waals surface area contributed by atoms with E-state index in [9.17, 15) is 9.59 Å². The van der Waals surface area contributed by atoms with Crippen molar-refractivity contribution in [1.82, 2.24) is 19.8 Å². The van der Waals surface area contributed by atoms with Crippen LogP contribution in [0.4, 0.5) is 11.5 Å². The minimum Gasteiger partial charge on any atom is -0.383 e. The molecule has 2 amide bonds. The first-order chi connectivity index (χ1) is 17.2. The van der Waals surface area contributed by atoms with Crippen LogP contribution >= 0.6 is 11.3 Å². The molecule has 1 saturated heterocycles. The van der Waals surface area contributed by atoms with Crippen LogP contribution in [0.2, 0.25) is 0 Å². The van der Waals surface area contributed by atoms with E-state index in [1.165, 1.54) is 6.20 Å². The van der Waals surface area contributed by atoms with E-state index in [4.69, 9.17) is 10.7 Å². The quantitative estimate of drug-likeness (QED) is 0.471. The Kier molecular flexibility index (Phi) is 7.90. The number of carbonyl (C=O) groups excluding carboxylic acids is 2. The number of aromatic nitrogens is 2. The van der Waals surface area contributed by atoms with Crippen LogP contribution in [0.3, 0.4) is 0 Å². The maximum Gasteiger partial charge on any atom is 0.313 e. The number of amides is 2. The number of thiazole rings is 1. The van der Waals surface area contributed by atoms with Crippen molar-refractivity contribution in [2.45, 2.75) is 65.6 Å². The molecule has 192 valence electrons. The number of carbonyl (C=O) groups is 2. The topological polar surface area (TPSA) is 104 Å². The van der Waals surface area contributed by atoms with E-state index < -0.39 is 11.8 Å². The lowest BCUT2D eigenvalue weighted by Gasteiger charge is -2.38. The van der Waals surface area contributed by atoms with Gasteiger partial charge in [-0.05, 0) is 75.4 Å². The van der Waals surface area contributed by atoms with Crippen molar-refractivity contribution in [2.24, 2.45) is 5.92 Å². The largest absolute Gasteiger partial charge is 0.383 e. The Morgan fingerprint density at radius 2 is 2.06 bits per heavy atom. The molecule has 1 aliphatic heterocycles. The van der Waals surface area contributed by atoms with Crippen LogP contribution < -0.4 is 11.1 Å². The predicted molar refractivity (Wildman–Crippen MR) is 146 cm³/mol. The summed E-state index contributed by atoms with van der Waals surface area (Å²) in [4.78, 5) is 39.3. The summed E-state index contributed by atoms with van der Waals surface area (Å²) in [6.45, 7) is 9.77. The zero-order chi connectivity index (χ0) is 26.0. The second kappa shape index (κ2) is 10.9. The molecule has 0 spiro atoms. The summed E-state index contributed by atoms with van der Waals surface area (Å²) >= 11 is 1.70. The standard InChI is InChI=1S/C27H36N6O2S/c1-6-18-11-20(13-29-25(18)28)30-26(34)27(35)33-14-17(4)7-9-22(33)19-8-10-23-21(12-19)31-24(36-23)15-32(5)16(2)3/h8,10-13,16-17,22H,6-7,9,14-15H2,1-5H3,(H2,28,29)(H,30,34)/t17?,22-/m1/s1. The fourth-order valence-electron chi connectivity index (χ4n) is 4.57. The maximum absolute atomic E-state index is 13.4. The van der Waals surface area contributed by atoms with E-state index >= 15 is 0 Å². The molecule has 4 rings (SSSR count). The Balaban J connectivity index is 1.55. The first-order valence-corrected chi connectivity index (χ1v) is 13.4. The number of aryl methyl sites for hydroxylation is 1. The molecule has 2 atom stereocenters. The third kappa shape index (κ3) is 5.68. The molecule has 1 unspecified atom stereocenters. The molecule has 3 N–H and O–H groups in total. The van der Waals surface area contributed by atoms with Gasteiger partial charge >= 0.3 is 11.8 Å². The SMILES string of the molecule is CCc1cc(NC(=O)C(=O)N2CC(C)CC[C@@H]2c2ccc3sc(CN(C)C(C)C)nc3c2)cnc1N. The monoisotopic (exact) mass is 508 g/mol. The number of fused-ring (bicyclic) bond motifs is 1. The van der Waals surface area contributed by atoms with Crippen LogP contribution in [0.15, 0.2) is 30.5 Å². The minimum absolute atomic E-state index is 0.164. The number of piperidine rings is 1. The normalized spacial score (nSPS) is 18.2. The summed E-state index contributed by atoms with van der Waals surface area (Å²) < 4.78 is 1.13. The number of pyridine rings is 1. The summed E-state index contributed by atoms with van der Waals surface area (Å²) in [5.41, 5.74) is 9.15. The lowest BCUT2D eigenvalue weighted by atomic mass is 9.89. The van der Waals surface area contributed by atoms with E-state index in [0.29, 0.717) is 36.4 Å². The molecule has 9 heteroatoms. The zero-order valence-corrected chi connectivity index (χ0v) is 22.6. The molecule has 0 bridgehead atoms. The second-order valence-corrected chi connectivity index (χ2v) is 11.2. The number of likely N-dealkylation sites (tertiary alicyclic amines) is 1. The average Bonchev–Trinajstić information content (AvgIpc) is 3.25. The molecule has 36 heavy (non-hydrogen) atoms. The molecule has 8 nitrogen and oxygen atoms in total. The molecule has 0 saturated carbocycles. The molecule has 3 heterocycles. The lowest BCUT2D eigenvalue weighted by molar-refractivity contribution is -0.146. The van der Waals surface area contributed by atoms with Gasteiger partial charge in [0.2, 0.25) is 0 Å². The fraction of sp³-hybridized carbons (Fsp3) is 0.481. The van der Waals surface area contributed by atoms with Gasteiger partial charge in [0, 0.05) is 12.6 Å². The molecule has 1 aliphatic rings. The van der Waals surface area contributed by atoms with E-state index in [0.717, 1.165) is 45.7 Å². The number of nitrogens with zero attached hydrogens (tertiary/aromatic N) is 4. The van der Waals surface area contributed by atoms with Gasteiger partial charge < -0.3 is 16.0 Å². The number of rotatable bonds is 6. The first-order valence-electron chi connectivity index (χ1n) is 12.6. The van der Waals surface area contributed by atoms with Crippen molar-refractivity contribution in [3.8, 4) is 0 Å². The maximum atomic E-state index is 13.4. The number of nitrogens with one attached hydrogen (secondary N) is 1. The fourth-order valence-corrected chi connectivity index (χ4v) is 5.59. The lowest BCUT2D eigenvalue weighted by Crippen LogP contribution is -2.46. The predicted octanol–water partition coefficient (Wildman–Crippen LogP) is 4.61. The zero-order valence-electron chi connectivity index (χ0n) is 21.7. The van der Waals surface area contributed by atoms with Crippen LogP contribution in [0, 0.1) is 5.92 Å². The van der Waals surface area contributed by atoms with Gasteiger partial charge in [0.15, 0.2) is 0 Å². The Morgan fingerprint density at radius 3 is 2.78 bits per heavy atom. The Bertz CT molecular complexity index is 1260. The van der Waals surface area contributed by atoms with E-state index in [-0.39, 0.29) is 6.04 Å². The van der Waals surface area contributed by atoms with Gasteiger partial charge in [-0.1, -0.05) is 19.9 Å². The third-order valence-corrected chi connectivity index (χ3v) is 8.04. The van der Waals surface area contributed by atoms with Gasteiger partial charge in [-0.15, -0.1) is 11.3 Å². The molecular formula is C27H36N6O2S. The molecule has 0 radical (unpaired) electrons. The minimum atomic E-state index is -0.656. The highest BCUT2D eigenvalue weighted by molar-refractivity contribution is 7.18. The molecule has 2 aromatic heterocycles. The number of benzene rings is 1. The van der Waals surface area contributed by atoms with Crippen molar-refractivity contribution in [1.29, 1.82) is 0 Å². The van der Waals surface area contributed by atoms with Crippen LogP contribution in [0.25, 0.3) is 10.2 Å². The highest BCUT2D eigenvalue weighted by atomic mass is 32.1. The Hall–Kier alpha value is -3.04. The van der Waals surface area contributed by atoms with Crippen molar-refractivity contribution in [2.75, 3.05) is 24.6 Å². The Morgan fingerprint density at radius 1 is 1.28 bits per heavy atom. The molecular weight excluding hydrogens is 472 g/mol. The van der Waals surface area contributed by atoms with Crippen LogP contribution in [-0.2, 0) is 22.6 Å². The molecule has 1 fully saturated rings. The third-order valence-electron chi connectivity index (χ3n) is 7.02. The number of nitrogen functional groups attached to an aromatic ring is 1. The molecule has 3 aromatic rings. The average molecular weight is 509 g/mol. The number of hydrogen-bond donors (Lipinski definition) is 2. The Labute approximate surface area is 216 Å². The van der Waals surface area contributed by atoms with Gasteiger partial charge in [0.05, 0.1) is 34.7 Å². The first kappa shape index (κ1) is 26.0. The number of nitrogens with two attached hydrogens (primary N) is 1. The van der Waals surface area contributed by atoms with E-state index in [2.05, 4.69) is 61.2 Å². The van der Waals surface area contributed by atoms with Crippen LogP contribution in [0.1, 0.15) is 62.7 Å². The van der Waals surface area contributed by atoms with Crippen LogP contribution in [0.5, 0.6) is 0 Å². The molecule has 0 aliphatic carbocycles. The summed E-state index contributed by atoms with van der Waals surface area (Å²) in [7, 11) is 2.10. The van der Waals surface area contributed by atoms with E-state index in [1.54, 1.807) is 22.3 Å². The molecule has 1 aromatic carbocycles. The summed E-state index contributed by atoms with van der Waals surface area (Å²) in [5.74, 6) is -0.428. The van der Waals surface area contributed by atoms with Crippen molar-refractivity contribution < 1.29 is 9.59 Å². The second-order valence-electron chi connectivity index (χ2n) is 10.1. The number of anilines is 2. The summed E-state index contributed by atoms with van der Waals surface area (Å²) in [6, 6.07) is 8.30. The highest BCUT2D eigenvalue weighted by Gasteiger charge is 2.34. The van der Waals surface area contributed by atoms with Gasteiger partial charge in [-0.25, -0.2) is 9.97 Å². The van der Waals surface area contributed by atoms with Crippen molar-refractivity contribution in [3.63, 3.8) is 0 Å². The summed E-state index contributed by atoms with van der Waals surface area (Å²) in [5, 5.41) is 3.80. The van der Waals surface area contributed by atoms with Gasteiger partial charge in [0.25, 0.3) is 0 Å². The van der Waals surface area contributed by atoms with Gasteiger partial charge in [-0.2, -0.15) is 0 Å². The highest BCUT2D eigenvalue weighted by Crippen LogP contribution is 2.36. The number of hydrogen-bond acceptors (Lipinski definition) is 7. The van der Waals surface area contributed by atoms with Gasteiger partial charge in [0.1, 0.15) is 10.8 Å². The van der Waals surface area contributed by atoms with Crippen molar-refractivity contribution in [3.05, 3.63) is 46.6 Å². The van der Waals surface area contributed by atoms with Gasteiger partial charge in [-0.3, -0.25) is 14.5 Å². The summed E-state index contributed by atoms with van der Waals surface area (Å²) in [6.07, 6.45) is 3.98. The smallest absolute Gasteiger partial charge is 0.313 e. The van der Waals surface area contributed by atoms with E-state index in [1.807, 2.05) is 6.92 Å². The van der Waals surface area contributed by atoms with Crippen LogP contribution in [-0.4, -0.2) is 51.2 Å². The van der Waals surface area contributed by atoms with Crippen molar-refractivity contribution >= 4 is 44.9 Å².